The molecule has 3 aromatic carbocycles. The number of carbonyl (C=O) groups excluding carboxylic acids is 4. The van der Waals surface area contributed by atoms with Gasteiger partial charge in [-0.05, 0) is 25.1 Å². The van der Waals surface area contributed by atoms with Crippen molar-refractivity contribution in [3.8, 4) is 0 Å². The number of esters is 1. The molecule has 1 atom stereocenters. The van der Waals surface area contributed by atoms with Crippen molar-refractivity contribution < 1.29 is 32.3 Å². The van der Waals surface area contributed by atoms with Gasteiger partial charge in [-0.1, -0.05) is 48.5 Å². The van der Waals surface area contributed by atoms with E-state index in [1.54, 1.807) is 24.3 Å². The van der Waals surface area contributed by atoms with Crippen molar-refractivity contribution in [2.24, 2.45) is 0 Å². The van der Waals surface area contributed by atoms with Crippen molar-refractivity contribution >= 4 is 44.8 Å². The molecule has 4 rings (SSSR count). The molecule has 2 N–H and O–H groups in total. The first kappa shape index (κ1) is 23.8. The second-order valence-electron chi connectivity index (χ2n) is 7.89. The fourth-order valence-electron chi connectivity index (χ4n) is 3.71. The van der Waals surface area contributed by atoms with E-state index in [1.807, 2.05) is 0 Å². The van der Waals surface area contributed by atoms with Gasteiger partial charge in [0.15, 0.2) is 17.7 Å². The highest BCUT2D eigenvalue weighted by Gasteiger charge is 2.32. The van der Waals surface area contributed by atoms with Crippen molar-refractivity contribution in [3.05, 3.63) is 94.5 Å². The van der Waals surface area contributed by atoms with Crippen LogP contribution >= 0.6 is 0 Å². The van der Waals surface area contributed by atoms with Gasteiger partial charge in [-0.2, -0.15) is 0 Å². The van der Waals surface area contributed by atoms with Gasteiger partial charge in [0.05, 0.1) is 28.8 Å². The number of ether oxygens (including phenoxy) is 1. The molecule has 1 unspecified atom stereocenters. The van der Waals surface area contributed by atoms with E-state index in [0.29, 0.717) is 0 Å². The summed E-state index contributed by atoms with van der Waals surface area (Å²) >= 11 is 0. The Hall–Kier alpha value is -4.31. The Morgan fingerprint density at radius 3 is 2.06 bits per heavy atom. The molecule has 178 valence electrons. The Bertz CT molecular complexity index is 1500. The van der Waals surface area contributed by atoms with E-state index in [9.17, 15) is 27.6 Å². The van der Waals surface area contributed by atoms with Crippen molar-refractivity contribution in [2.45, 2.75) is 13.0 Å². The summed E-state index contributed by atoms with van der Waals surface area (Å²) < 4.78 is 30.6. The molecule has 9 nitrogen and oxygen atoms in total. The molecule has 3 aromatic rings. The number of hydrogen-bond donors (Lipinski definition) is 2. The predicted molar refractivity (Wildman–Crippen MR) is 128 cm³/mol. The van der Waals surface area contributed by atoms with E-state index in [1.165, 1.54) is 49.4 Å². The normalized spacial score (nSPS) is 13.3. The quantitative estimate of drug-likeness (QED) is 0.395. The topological polar surface area (TPSA) is 136 Å². The summed E-state index contributed by atoms with van der Waals surface area (Å²) in [6.45, 7) is 1.33. The number of hydrogen-bond acceptors (Lipinski definition) is 7. The summed E-state index contributed by atoms with van der Waals surface area (Å²) in [5.74, 6) is -2.40. The highest BCUT2D eigenvalue weighted by atomic mass is 32.2. The number of para-hydroxylation sites is 1. The van der Waals surface area contributed by atoms with E-state index in [4.69, 9.17) is 4.74 Å². The molecule has 1 aliphatic carbocycles. The third-order valence-electron chi connectivity index (χ3n) is 5.31. The van der Waals surface area contributed by atoms with E-state index in [-0.39, 0.29) is 45.0 Å². The zero-order valence-electron chi connectivity index (χ0n) is 18.7. The maximum atomic E-state index is 13.1. The van der Waals surface area contributed by atoms with Crippen LogP contribution in [0.1, 0.15) is 49.1 Å². The van der Waals surface area contributed by atoms with Gasteiger partial charge >= 0.3 is 5.97 Å². The number of rotatable bonds is 6. The molecule has 0 spiro atoms. The van der Waals surface area contributed by atoms with Crippen molar-refractivity contribution in [1.82, 2.24) is 0 Å². The van der Waals surface area contributed by atoms with Crippen molar-refractivity contribution in [3.63, 3.8) is 0 Å². The molecule has 10 heteroatoms. The van der Waals surface area contributed by atoms with E-state index < -0.39 is 33.8 Å². The number of amides is 1. The fourth-order valence-corrected chi connectivity index (χ4v) is 4.29. The molecule has 0 radical (unpaired) electrons. The predicted octanol–water partition coefficient (Wildman–Crippen LogP) is 3.02. The molecular formula is C25H20N2O7S. The van der Waals surface area contributed by atoms with Gasteiger partial charge in [0.25, 0.3) is 5.91 Å². The van der Waals surface area contributed by atoms with Crippen LogP contribution < -0.4 is 10.0 Å². The minimum absolute atomic E-state index is 0.00696. The summed E-state index contributed by atoms with van der Waals surface area (Å²) in [5, 5.41) is 2.56. The van der Waals surface area contributed by atoms with Gasteiger partial charge < -0.3 is 10.1 Å². The van der Waals surface area contributed by atoms with Crippen LogP contribution in [-0.2, 0) is 19.6 Å². The number of nitrogens with one attached hydrogen (secondary N) is 2. The molecule has 0 fully saturated rings. The Balaban J connectivity index is 1.55. The van der Waals surface area contributed by atoms with Crippen LogP contribution in [0, 0.1) is 0 Å². The van der Waals surface area contributed by atoms with E-state index >= 15 is 0 Å². The van der Waals surface area contributed by atoms with Crippen LogP contribution in [-0.4, -0.2) is 44.2 Å². The van der Waals surface area contributed by atoms with Gasteiger partial charge in [-0.15, -0.1) is 0 Å². The lowest BCUT2D eigenvalue weighted by molar-refractivity contribution is -0.123. The fraction of sp³-hybridized carbons (Fsp3) is 0.120. The van der Waals surface area contributed by atoms with Gasteiger partial charge in [0, 0.05) is 16.7 Å². The summed E-state index contributed by atoms with van der Waals surface area (Å²) in [6, 6.07) is 16.8. The van der Waals surface area contributed by atoms with Crippen LogP contribution in [0.15, 0.2) is 66.7 Å². The molecule has 0 heterocycles. The first-order valence-electron chi connectivity index (χ1n) is 10.5. The molecule has 0 saturated carbocycles. The number of sulfonamides is 1. The lowest BCUT2D eigenvalue weighted by Crippen LogP contribution is -2.31. The Morgan fingerprint density at radius 1 is 0.800 bits per heavy atom. The minimum Gasteiger partial charge on any atom is -0.449 e. The van der Waals surface area contributed by atoms with Gasteiger partial charge in [0.2, 0.25) is 10.0 Å². The highest BCUT2D eigenvalue weighted by Crippen LogP contribution is 2.32. The van der Waals surface area contributed by atoms with Crippen molar-refractivity contribution in [1.29, 1.82) is 0 Å². The second kappa shape index (κ2) is 9.15. The summed E-state index contributed by atoms with van der Waals surface area (Å²) in [4.78, 5) is 51.4. The van der Waals surface area contributed by atoms with Crippen LogP contribution in [0.5, 0.6) is 0 Å². The number of anilines is 2. The Labute approximate surface area is 201 Å². The number of ketones is 2. The van der Waals surface area contributed by atoms with Gasteiger partial charge in [0.1, 0.15) is 0 Å². The lowest BCUT2D eigenvalue weighted by atomic mass is 9.83. The minimum atomic E-state index is -3.66. The zero-order valence-corrected chi connectivity index (χ0v) is 19.5. The number of benzene rings is 3. The third kappa shape index (κ3) is 4.82. The smallest absolute Gasteiger partial charge is 0.341 e. The molecule has 0 aliphatic heterocycles. The molecule has 1 aliphatic rings. The molecule has 0 aromatic heterocycles. The zero-order chi connectivity index (χ0) is 25.3. The van der Waals surface area contributed by atoms with E-state index in [0.717, 1.165) is 6.26 Å². The first-order chi connectivity index (χ1) is 16.6. The Kier molecular flexibility index (Phi) is 6.23. The second-order valence-corrected chi connectivity index (χ2v) is 9.64. The molecule has 1 amide bonds. The molecule has 0 saturated heterocycles. The molecular weight excluding hydrogens is 472 g/mol. The largest absolute Gasteiger partial charge is 0.449 e. The number of carbonyl (C=O) groups is 4. The maximum Gasteiger partial charge on any atom is 0.341 e. The molecule has 0 bridgehead atoms. The number of fused-ring (bicyclic) bond motifs is 2. The first-order valence-corrected chi connectivity index (χ1v) is 12.4. The average molecular weight is 493 g/mol. The third-order valence-corrected chi connectivity index (χ3v) is 5.90. The van der Waals surface area contributed by atoms with Crippen LogP contribution in [0.4, 0.5) is 11.4 Å². The van der Waals surface area contributed by atoms with Gasteiger partial charge in [-0.3, -0.25) is 19.1 Å². The highest BCUT2D eigenvalue weighted by molar-refractivity contribution is 7.92. The summed E-state index contributed by atoms with van der Waals surface area (Å²) in [7, 11) is -3.66. The summed E-state index contributed by atoms with van der Waals surface area (Å²) in [5.41, 5.74) is 0.794. The maximum absolute atomic E-state index is 13.1. The van der Waals surface area contributed by atoms with Gasteiger partial charge in [-0.25, -0.2) is 13.2 Å². The molecule has 35 heavy (non-hydrogen) atoms. The van der Waals surface area contributed by atoms with E-state index in [2.05, 4.69) is 10.0 Å². The average Bonchev–Trinajstić information content (AvgIpc) is 2.81. The SMILES string of the molecule is CC(OC(=O)c1ccccc1NS(C)(=O)=O)C(=O)Nc1cccc2c1C(=O)c1ccccc1C2=O. The monoisotopic (exact) mass is 492 g/mol. The lowest BCUT2D eigenvalue weighted by Gasteiger charge is -2.21. The summed E-state index contributed by atoms with van der Waals surface area (Å²) in [6.07, 6.45) is -0.359. The Morgan fingerprint density at radius 2 is 1.37 bits per heavy atom. The standard InChI is InChI=1S/C25H20N2O7S/c1-14(34-25(31)17-10-5-6-12-19(17)27-35(2,32)33)24(30)26-20-13-7-11-18-21(20)23(29)16-9-4-3-8-15(16)22(18)28/h3-14,27H,1-2H3,(H,26,30). The van der Waals surface area contributed by atoms with Crippen molar-refractivity contribution in [2.75, 3.05) is 16.3 Å². The van der Waals surface area contributed by atoms with Crippen LogP contribution in [0.25, 0.3) is 0 Å². The van der Waals surface area contributed by atoms with Crippen LogP contribution in [0.3, 0.4) is 0 Å². The van der Waals surface area contributed by atoms with Crippen LogP contribution in [0.2, 0.25) is 0 Å².